The Morgan fingerprint density at radius 3 is 3.13 bits per heavy atom. The molecular weight excluding hydrogens is 194 g/mol. The lowest BCUT2D eigenvalue weighted by molar-refractivity contribution is -0.115. The van der Waals surface area contributed by atoms with Crippen molar-refractivity contribution in [2.45, 2.75) is 0 Å². The first-order valence-corrected chi connectivity index (χ1v) is 4.45. The van der Waals surface area contributed by atoms with Crippen molar-refractivity contribution >= 4 is 17.3 Å². The molecule has 2 rings (SSSR count). The summed E-state index contributed by atoms with van der Waals surface area (Å²) in [6, 6.07) is 6.68. The average Bonchev–Trinajstić information content (AvgIpc) is 2.17. The van der Waals surface area contributed by atoms with Crippen LogP contribution in [0.25, 0.3) is 0 Å². The van der Waals surface area contributed by atoms with Crippen LogP contribution in [0.4, 0.5) is 11.4 Å². The third-order valence-corrected chi connectivity index (χ3v) is 2.19. The maximum atomic E-state index is 11.3. The standard InChI is InChI=1S/C10H9N3O2/c11-3-4-13-6-10(15)12-8-5-7(14)1-2-9(8)13/h1-2,5,14H,4,6H2,(H,12,15). The summed E-state index contributed by atoms with van der Waals surface area (Å²) in [6.07, 6.45) is 0. The fourth-order valence-electron chi connectivity index (χ4n) is 1.57. The van der Waals surface area contributed by atoms with Gasteiger partial charge in [-0.05, 0) is 12.1 Å². The molecule has 1 aliphatic heterocycles. The molecular formula is C10H9N3O2. The number of aromatic hydroxyl groups is 1. The number of nitrogens with one attached hydrogen (secondary N) is 1. The third kappa shape index (κ3) is 1.70. The topological polar surface area (TPSA) is 76.4 Å². The summed E-state index contributed by atoms with van der Waals surface area (Å²) >= 11 is 0. The Morgan fingerprint density at radius 2 is 2.40 bits per heavy atom. The molecule has 1 amide bonds. The average molecular weight is 203 g/mol. The number of anilines is 2. The van der Waals surface area contributed by atoms with E-state index >= 15 is 0 Å². The maximum Gasteiger partial charge on any atom is 0.243 e. The van der Waals surface area contributed by atoms with E-state index in [1.807, 2.05) is 6.07 Å². The second-order valence-corrected chi connectivity index (χ2v) is 3.26. The molecule has 0 saturated heterocycles. The number of carbonyl (C=O) groups is 1. The van der Waals surface area contributed by atoms with Crippen LogP contribution in [0, 0.1) is 11.3 Å². The number of phenols is 1. The van der Waals surface area contributed by atoms with Gasteiger partial charge in [-0.25, -0.2) is 0 Å². The van der Waals surface area contributed by atoms with Gasteiger partial charge in [-0.15, -0.1) is 0 Å². The fourth-order valence-corrected chi connectivity index (χ4v) is 1.57. The fraction of sp³-hybridized carbons (Fsp3) is 0.200. The molecule has 0 spiro atoms. The summed E-state index contributed by atoms with van der Waals surface area (Å²) in [5.74, 6) is -0.0868. The number of nitriles is 1. The first-order valence-electron chi connectivity index (χ1n) is 4.45. The quantitative estimate of drug-likeness (QED) is 0.658. The second-order valence-electron chi connectivity index (χ2n) is 3.26. The molecule has 0 radical (unpaired) electrons. The van der Waals surface area contributed by atoms with E-state index in [1.165, 1.54) is 12.1 Å². The SMILES string of the molecule is N#CCN1CC(=O)Nc2cc(O)ccc21. The highest BCUT2D eigenvalue weighted by molar-refractivity contribution is 6.01. The summed E-state index contributed by atoms with van der Waals surface area (Å²) in [5.41, 5.74) is 1.30. The van der Waals surface area contributed by atoms with Gasteiger partial charge < -0.3 is 15.3 Å². The van der Waals surface area contributed by atoms with Gasteiger partial charge in [0.15, 0.2) is 0 Å². The van der Waals surface area contributed by atoms with Gasteiger partial charge in [0.1, 0.15) is 12.3 Å². The van der Waals surface area contributed by atoms with E-state index in [0.29, 0.717) is 5.69 Å². The first-order chi connectivity index (χ1) is 7.20. The highest BCUT2D eigenvalue weighted by Crippen LogP contribution is 2.31. The van der Waals surface area contributed by atoms with Crippen molar-refractivity contribution in [3.05, 3.63) is 18.2 Å². The highest BCUT2D eigenvalue weighted by Gasteiger charge is 2.21. The number of fused-ring (bicyclic) bond motifs is 1. The summed E-state index contributed by atoms with van der Waals surface area (Å²) in [4.78, 5) is 12.9. The molecule has 0 fully saturated rings. The normalized spacial score (nSPS) is 14.1. The molecule has 5 nitrogen and oxygen atoms in total. The van der Waals surface area contributed by atoms with Crippen LogP contribution in [-0.2, 0) is 4.79 Å². The Bertz CT molecular complexity index is 450. The summed E-state index contributed by atoms with van der Waals surface area (Å²) < 4.78 is 0. The smallest absolute Gasteiger partial charge is 0.243 e. The van der Waals surface area contributed by atoms with Gasteiger partial charge in [0.2, 0.25) is 5.91 Å². The monoisotopic (exact) mass is 203 g/mol. The van der Waals surface area contributed by atoms with E-state index in [2.05, 4.69) is 5.32 Å². The van der Waals surface area contributed by atoms with E-state index in [-0.39, 0.29) is 24.7 Å². The molecule has 5 heteroatoms. The minimum atomic E-state index is -0.177. The molecule has 1 heterocycles. The molecule has 0 unspecified atom stereocenters. The number of hydrogen-bond donors (Lipinski definition) is 2. The van der Waals surface area contributed by atoms with Crippen molar-refractivity contribution < 1.29 is 9.90 Å². The van der Waals surface area contributed by atoms with E-state index in [1.54, 1.807) is 11.0 Å². The predicted octanol–water partition coefficient (Wildman–Crippen LogP) is 0.674. The van der Waals surface area contributed by atoms with Gasteiger partial charge in [0.05, 0.1) is 24.0 Å². The number of carbonyl (C=O) groups excluding carboxylic acids is 1. The van der Waals surface area contributed by atoms with Crippen molar-refractivity contribution in [2.75, 3.05) is 23.3 Å². The summed E-state index contributed by atoms with van der Waals surface area (Å²) in [5, 5.41) is 20.5. The number of hydrogen-bond acceptors (Lipinski definition) is 4. The van der Waals surface area contributed by atoms with Crippen LogP contribution < -0.4 is 10.2 Å². The maximum absolute atomic E-state index is 11.3. The molecule has 2 N–H and O–H groups in total. The molecule has 0 aromatic heterocycles. The number of phenolic OH excluding ortho intramolecular Hbond substituents is 1. The zero-order chi connectivity index (χ0) is 10.8. The molecule has 1 aromatic rings. The van der Waals surface area contributed by atoms with Crippen LogP contribution in [0.2, 0.25) is 0 Å². The molecule has 76 valence electrons. The molecule has 0 bridgehead atoms. The van der Waals surface area contributed by atoms with Crippen LogP contribution in [0.15, 0.2) is 18.2 Å². The largest absolute Gasteiger partial charge is 0.508 e. The number of benzene rings is 1. The highest BCUT2D eigenvalue weighted by atomic mass is 16.3. The Balaban J connectivity index is 2.42. The number of rotatable bonds is 1. The van der Waals surface area contributed by atoms with Gasteiger partial charge in [0.25, 0.3) is 0 Å². The van der Waals surface area contributed by atoms with Crippen LogP contribution >= 0.6 is 0 Å². The van der Waals surface area contributed by atoms with Gasteiger partial charge in [-0.3, -0.25) is 4.79 Å². The second kappa shape index (κ2) is 3.50. The Labute approximate surface area is 86.5 Å². The summed E-state index contributed by atoms with van der Waals surface area (Å²) in [6.45, 7) is 0.330. The zero-order valence-electron chi connectivity index (χ0n) is 7.90. The summed E-state index contributed by atoms with van der Waals surface area (Å²) in [7, 11) is 0. The van der Waals surface area contributed by atoms with Crippen LogP contribution in [0.1, 0.15) is 0 Å². The van der Waals surface area contributed by atoms with Crippen molar-refractivity contribution in [1.82, 2.24) is 0 Å². The molecule has 0 saturated carbocycles. The van der Waals surface area contributed by atoms with Crippen molar-refractivity contribution in [3.63, 3.8) is 0 Å². The van der Waals surface area contributed by atoms with E-state index in [9.17, 15) is 9.90 Å². The molecule has 0 aliphatic carbocycles. The molecule has 1 aromatic carbocycles. The lowest BCUT2D eigenvalue weighted by atomic mass is 10.2. The Hall–Kier alpha value is -2.22. The predicted molar refractivity (Wildman–Crippen MR) is 54.6 cm³/mol. The minimum Gasteiger partial charge on any atom is -0.508 e. The molecule has 0 atom stereocenters. The Kier molecular flexibility index (Phi) is 2.18. The zero-order valence-corrected chi connectivity index (χ0v) is 7.90. The van der Waals surface area contributed by atoms with Crippen molar-refractivity contribution in [3.8, 4) is 11.8 Å². The molecule has 15 heavy (non-hydrogen) atoms. The van der Waals surface area contributed by atoms with Crippen LogP contribution in [0.5, 0.6) is 5.75 Å². The molecule has 1 aliphatic rings. The van der Waals surface area contributed by atoms with Crippen LogP contribution in [0.3, 0.4) is 0 Å². The van der Waals surface area contributed by atoms with Gasteiger partial charge in [-0.1, -0.05) is 0 Å². The first kappa shape index (κ1) is 9.34. The third-order valence-electron chi connectivity index (χ3n) is 2.19. The minimum absolute atomic E-state index is 0.0906. The van der Waals surface area contributed by atoms with E-state index in [4.69, 9.17) is 5.26 Å². The van der Waals surface area contributed by atoms with Crippen molar-refractivity contribution in [2.24, 2.45) is 0 Å². The van der Waals surface area contributed by atoms with Crippen LogP contribution in [-0.4, -0.2) is 24.1 Å². The van der Waals surface area contributed by atoms with Gasteiger partial charge in [-0.2, -0.15) is 5.26 Å². The van der Waals surface area contributed by atoms with Gasteiger partial charge >= 0.3 is 0 Å². The Morgan fingerprint density at radius 1 is 1.60 bits per heavy atom. The number of nitrogens with zero attached hydrogens (tertiary/aromatic N) is 2. The van der Waals surface area contributed by atoms with Gasteiger partial charge in [0, 0.05) is 6.07 Å². The number of amides is 1. The van der Waals surface area contributed by atoms with E-state index in [0.717, 1.165) is 5.69 Å². The lowest BCUT2D eigenvalue weighted by Crippen LogP contribution is -2.38. The van der Waals surface area contributed by atoms with E-state index < -0.39 is 0 Å². The van der Waals surface area contributed by atoms with Crippen molar-refractivity contribution in [1.29, 1.82) is 5.26 Å². The lowest BCUT2D eigenvalue weighted by Gasteiger charge is -2.28.